The average Bonchev–Trinajstić information content (AvgIpc) is 3.37. The third-order valence-electron chi connectivity index (χ3n) is 11.9. The van der Waals surface area contributed by atoms with E-state index in [-0.39, 0.29) is 23.1 Å². The molecule has 0 radical (unpaired) electrons. The predicted octanol–water partition coefficient (Wildman–Crippen LogP) is 3.26. The summed E-state index contributed by atoms with van der Waals surface area (Å²) < 4.78 is 36.3. The molecule has 0 aromatic heterocycles. The van der Waals surface area contributed by atoms with Crippen molar-refractivity contribution in [2.24, 2.45) is 23.7 Å². The lowest BCUT2D eigenvalue weighted by atomic mass is 9.52. The molecule has 13 atom stereocenters. The minimum absolute atomic E-state index is 0.0118. The molecule has 3 fully saturated rings. The Morgan fingerprint density at radius 2 is 1.14 bits per heavy atom. The summed E-state index contributed by atoms with van der Waals surface area (Å²) in [6.45, 7) is 13.7. The summed E-state index contributed by atoms with van der Waals surface area (Å²) in [6, 6.07) is 15.1. The van der Waals surface area contributed by atoms with E-state index < -0.39 is 112 Å². The van der Waals surface area contributed by atoms with E-state index in [0.717, 1.165) is 27.7 Å². The summed E-state index contributed by atoms with van der Waals surface area (Å²) in [6.07, 6.45) is -10.0. The maximum Gasteiger partial charge on any atom is 0.338 e. The molecule has 2 aromatic carbocycles. The lowest BCUT2D eigenvalue weighted by molar-refractivity contribution is -0.300. The summed E-state index contributed by atoms with van der Waals surface area (Å²) >= 11 is 0. The topological polar surface area (TPSA) is 218 Å². The van der Waals surface area contributed by atoms with E-state index in [2.05, 4.69) is 6.58 Å². The Balaban J connectivity index is 1.97. The van der Waals surface area contributed by atoms with Gasteiger partial charge in [-0.15, -0.1) is 0 Å². The molecule has 13 unspecified atom stereocenters. The third kappa shape index (κ3) is 7.10. The zero-order chi connectivity index (χ0) is 42.4. The van der Waals surface area contributed by atoms with Crippen molar-refractivity contribution in [1.82, 2.24) is 0 Å². The molecule has 0 aliphatic heterocycles. The summed E-state index contributed by atoms with van der Waals surface area (Å²) in [5, 5.41) is 39.7. The molecule has 0 saturated heterocycles. The third-order valence-corrected chi connectivity index (χ3v) is 11.9. The normalized spacial score (nSPS) is 36.9. The van der Waals surface area contributed by atoms with Gasteiger partial charge in [0.2, 0.25) is 0 Å². The molecule has 57 heavy (non-hydrogen) atoms. The van der Waals surface area contributed by atoms with Crippen LogP contribution in [0.2, 0.25) is 0 Å². The van der Waals surface area contributed by atoms with E-state index in [9.17, 15) is 44.1 Å². The number of benzene rings is 2. The SMILES string of the molecule is C=C(C)C1(OC(C)=O)C(O)C(C)C2(O)C(C(OC(C)=O)C(C)(OC(=O)c3ccccc3)C(OC(C)=O)C3(O)C(OC(C)=O)C(C)CC23)C1OC(=O)c1ccccc1. The van der Waals surface area contributed by atoms with Gasteiger partial charge in [-0.3, -0.25) is 19.2 Å². The predicted molar refractivity (Wildman–Crippen MR) is 198 cm³/mol. The fraction of sp³-hybridized carbons (Fsp3) is 0.524. The second-order valence-electron chi connectivity index (χ2n) is 15.6. The van der Waals surface area contributed by atoms with Crippen LogP contribution in [0.4, 0.5) is 0 Å². The number of aliphatic hydroxyl groups is 3. The van der Waals surface area contributed by atoms with E-state index in [1.165, 1.54) is 45.0 Å². The first kappa shape index (κ1) is 43.0. The second kappa shape index (κ2) is 15.7. The van der Waals surface area contributed by atoms with Crippen molar-refractivity contribution in [3.8, 4) is 0 Å². The Morgan fingerprint density at radius 3 is 1.61 bits per heavy atom. The number of carbonyl (C=O) groups excluding carboxylic acids is 6. The van der Waals surface area contributed by atoms with Gasteiger partial charge in [-0.1, -0.05) is 56.8 Å². The standard InChI is InChI=1S/C42H50O15/c1-21(2)42(56-27(8)46)32(47)23(4)40(50)30-20-22(3)33(52-24(5)43)41(30,51)38(54-26(7)45)39(9,57-37(49)29-18-14-11-15-19-29)34(53-25(6)44)31(40)35(42)55-36(48)28-16-12-10-13-17-28/h10-19,22-23,30-35,38,47,50-51H,1,20H2,2-9H3. The Bertz CT molecular complexity index is 1920. The first-order chi connectivity index (χ1) is 26.6. The van der Waals surface area contributed by atoms with Gasteiger partial charge in [0.1, 0.15) is 17.8 Å². The first-order valence-corrected chi connectivity index (χ1v) is 18.6. The average molecular weight is 795 g/mol. The highest BCUT2D eigenvalue weighted by atomic mass is 16.6. The highest BCUT2D eigenvalue weighted by Gasteiger charge is 2.83. The van der Waals surface area contributed by atoms with Crippen molar-refractivity contribution in [3.63, 3.8) is 0 Å². The van der Waals surface area contributed by atoms with E-state index in [4.69, 9.17) is 28.4 Å². The number of fused-ring (bicyclic) bond motifs is 3. The smallest absolute Gasteiger partial charge is 0.338 e. The van der Waals surface area contributed by atoms with Crippen molar-refractivity contribution in [3.05, 3.63) is 83.9 Å². The molecule has 0 spiro atoms. The minimum atomic E-state index is -2.70. The zero-order valence-electron chi connectivity index (χ0n) is 33.1. The molecule has 0 heterocycles. The van der Waals surface area contributed by atoms with E-state index in [1.54, 1.807) is 43.3 Å². The van der Waals surface area contributed by atoms with Crippen molar-refractivity contribution < 1.29 is 72.5 Å². The van der Waals surface area contributed by atoms with Crippen LogP contribution in [-0.2, 0) is 47.6 Å². The molecule has 0 amide bonds. The van der Waals surface area contributed by atoms with Crippen LogP contribution in [0.3, 0.4) is 0 Å². The summed E-state index contributed by atoms with van der Waals surface area (Å²) in [5.41, 5.74) is -10.4. The fourth-order valence-electron chi connectivity index (χ4n) is 9.69. The molecule has 3 saturated carbocycles. The number of carbonyl (C=O) groups is 6. The van der Waals surface area contributed by atoms with Gasteiger partial charge in [-0.2, -0.15) is 0 Å². The van der Waals surface area contributed by atoms with Gasteiger partial charge in [0.15, 0.2) is 29.5 Å². The maximum atomic E-state index is 14.3. The minimum Gasteiger partial charge on any atom is -0.459 e. The van der Waals surface area contributed by atoms with Crippen LogP contribution in [-0.4, -0.2) is 104 Å². The van der Waals surface area contributed by atoms with Crippen LogP contribution in [0.25, 0.3) is 0 Å². The van der Waals surface area contributed by atoms with Crippen LogP contribution in [0.5, 0.6) is 0 Å². The van der Waals surface area contributed by atoms with Crippen LogP contribution < -0.4 is 0 Å². The van der Waals surface area contributed by atoms with Crippen molar-refractivity contribution >= 4 is 35.8 Å². The molecule has 2 aromatic rings. The molecule has 3 aliphatic rings. The highest BCUT2D eigenvalue weighted by Crippen LogP contribution is 2.65. The lowest BCUT2D eigenvalue weighted by Crippen LogP contribution is -2.77. The van der Waals surface area contributed by atoms with Crippen molar-refractivity contribution in [1.29, 1.82) is 0 Å². The molecule has 15 heteroatoms. The number of aliphatic hydroxyl groups excluding tert-OH is 1. The molecule has 15 nitrogen and oxygen atoms in total. The number of esters is 6. The molecule has 5 rings (SSSR count). The van der Waals surface area contributed by atoms with Crippen molar-refractivity contribution in [2.75, 3.05) is 0 Å². The molecule has 3 aliphatic carbocycles. The molecular weight excluding hydrogens is 744 g/mol. The van der Waals surface area contributed by atoms with Gasteiger partial charge < -0.3 is 43.7 Å². The van der Waals surface area contributed by atoms with E-state index in [1.807, 2.05) is 0 Å². The van der Waals surface area contributed by atoms with E-state index >= 15 is 0 Å². The molecule has 3 N–H and O–H groups in total. The van der Waals surface area contributed by atoms with Crippen molar-refractivity contribution in [2.45, 2.75) is 115 Å². The number of ether oxygens (including phenoxy) is 6. The Hall–Kier alpha value is -5.12. The van der Waals surface area contributed by atoms with Gasteiger partial charge in [0.25, 0.3) is 0 Å². The Morgan fingerprint density at radius 1 is 0.649 bits per heavy atom. The Kier molecular flexibility index (Phi) is 11.8. The monoisotopic (exact) mass is 794 g/mol. The summed E-state index contributed by atoms with van der Waals surface area (Å²) in [5.74, 6) is -11.9. The van der Waals surface area contributed by atoms with Gasteiger partial charge >= 0.3 is 35.8 Å². The van der Waals surface area contributed by atoms with Crippen LogP contribution in [0, 0.1) is 23.7 Å². The number of hydrogen-bond donors (Lipinski definition) is 3. The second-order valence-corrected chi connectivity index (χ2v) is 15.6. The van der Waals surface area contributed by atoms with E-state index in [0.29, 0.717) is 0 Å². The van der Waals surface area contributed by atoms with Gasteiger partial charge in [0.05, 0.1) is 22.6 Å². The number of hydrogen-bond acceptors (Lipinski definition) is 15. The van der Waals surface area contributed by atoms with Gasteiger partial charge in [0, 0.05) is 39.5 Å². The zero-order valence-corrected chi connectivity index (χ0v) is 33.1. The maximum absolute atomic E-state index is 14.3. The summed E-state index contributed by atoms with van der Waals surface area (Å²) in [4.78, 5) is 80.9. The summed E-state index contributed by atoms with van der Waals surface area (Å²) in [7, 11) is 0. The van der Waals surface area contributed by atoms with Crippen LogP contribution in [0.1, 0.15) is 82.5 Å². The fourth-order valence-corrected chi connectivity index (χ4v) is 9.69. The number of rotatable bonds is 9. The Labute approximate surface area is 330 Å². The van der Waals surface area contributed by atoms with Crippen LogP contribution >= 0.6 is 0 Å². The largest absolute Gasteiger partial charge is 0.459 e. The molecular formula is C42H50O15. The van der Waals surface area contributed by atoms with Gasteiger partial charge in [-0.05, 0) is 56.0 Å². The highest BCUT2D eigenvalue weighted by molar-refractivity contribution is 5.90. The molecule has 308 valence electrons. The molecule has 0 bridgehead atoms. The lowest BCUT2D eigenvalue weighted by Gasteiger charge is -2.61. The van der Waals surface area contributed by atoms with Gasteiger partial charge in [-0.25, -0.2) is 9.59 Å². The quantitative estimate of drug-likeness (QED) is 0.189. The first-order valence-electron chi connectivity index (χ1n) is 18.6. The van der Waals surface area contributed by atoms with Crippen LogP contribution in [0.15, 0.2) is 72.8 Å².